The molecule has 0 amide bonds. The van der Waals surface area contributed by atoms with Crippen molar-refractivity contribution in [1.82, 2.24) is 5.32 Å². The average Bonchev–Trinajstić information content (AvgIpc) is 2.18. The van der Waals surface area contributed by atoms with Gasteiger partial charge >= 0.3 is 0 Å². The number of halogens is 1. The Bertz CT molecular complexity index is 291. The number of ether oxygens (including phenoxy) is 2. The molecule has 78 valence electrons. The van der Waals surface area contributed by atoms with Crippen LogP contribution in [0.1, 0.15) is 5.56 Å². The van der Waals surface area contributed by atoms with Crippen LogP contribution in [-0.4, -0.2) is 21.0 Å². The highest BCUT2D eigenvalue weighted by Gasteiger charge is 2.06. The summed E-state index contributed by atoms with van der Waals surface area (Å²) in [7, 11) is 3.51. The van der Waals surface area contributed by atoms with E-state index in [2.05, 4.69) is 21.2 Å². The van der Waals surface area contributed by atoms with Crippen LogP contribution in [0.5, 0.6) is 5.75 Å². The fourth-order valence-electron chi connectivity index (χ4n) is 1.16. The number of hydrogen-bond donors (Lipinski definition) is 1. The molecule has 0 unspecified atom stereocenters. The van der Waals surface area contributed by atoms with Gasteiger partial charge in [-0.25, -0.2) is 0 Å². The van der Waals surface area contributed by atoms with Crippen LogP contribution < -0.4 is 10.1 Å². The van der Waals surface area contributed by atoms with Crippen LogP contribution in [0.4, 0.5) is 0 Å². The minimum absolute atomic E-state index is 0.263. The van der Waals surface area contributed by atoms with Gasteiger partial charge < -0.3 is 14.8 Å². The molecule has 0 aliphatic heterocycles. The number of nitrogens with one attached hydrogen (secondary N) is 1. The molecule has 0 aliphatic rings. The zero-order valence-corrected chi connectivity index (χ0v) is 9.93. The van der Waals surface area contributed by atoms with E-state index in [1.54, 1.807) is 7.11 Å². The summed E-state index contributed by atoms with van der Waals surface area (Å²) < 4.78 is 11.3. The zero-order valence-electron chi connectivity index (χ0n) is 8.34. The van der Waals surface area contributed by atoms with Gasteiger partial charge in [0.05, 0.1) is 4.47 Å². The Morgan fingerprint density at radius 1 is 1.43 bits per heavy atom. The lowest BCUT2D eigenvalue weighted by atomic mass is 10.2. The lowest BCUT2D eigenvalue weighted by Gasteiger charge is -2.12. The molecule has 0 bridgehead atoms. The van der Waals surface area contributed by atoms with E-state index in [4.69, 9.17) is 9.47 Å². The quantitative estimate of drug-likeness (QED) is 0.823. The van der Waals surface area contributed by atoms with E-state index in [1.807, 2.05) is 25.2 Å². The molecule has 0 atom stereocenters. The molecule has 14 heavy (non-hydrogen) atoms. The van der Waals surface area contributed by atoms with Crippen molar-refractivity contribution in [3.05, 3.63) is 28.2 Å². The van der Waals surface area contributed by atoms with Crippen LogP contribution in [0, 0.1) is 0 Å². The topological polar surface area (TPSA) is 30.5 Å². The van der Waals surface area contributed by atoms with Gasteiger partial charge in [-0.3, -0.25) is 0 Å². The molecule has 1 aromatic rings. The summed E-state index contributed by atoms with van der Waals surface area (Å²) in [6, 6.07) is 5.95. The highest BCUT2D eigenvalue weighted by Crippen LogP contribution is 2.28. The molecule has 1 rings (SSSR count). The maximum atomic E-state index is 5.46. The van der Waals surface area contributed by atoms with Crippen molar-refractivity contribution in [3.63, 3.8) is 0 Å². The van der Waals surface area contributed by atoms with E-state index in [-0.39, 0.29) is 6.79 Å². The van der Waals surface area contributed by atoms with E-state index in [9.17, 15) is 0 Å². The minimum atomic E-state index is 0.263. The van der Waals surface area contributed by atoms with Crippen molar-refractivity contribution in [2.45, 2.75) is 6.54 Å². The van der Waals surface area contributed by atoms with E-state index in [0.29, 0.717) is 0 Å². The standard InChI is InChI=1S/C10H14BrNO2/c1-12-6-8-4-3-5-9(11)10(8)14-7-13-2/h3-5,12H,6-7H2,1-2H3. The van der Waals surface area contributed by atoms with Gasteiger partial charge in [-0.2, -0.15) is 0 Å². The second-order valence-corrected chi connectivity index (χ2v) is 3.66. The molecule has 0 aromatic heterocycles. The largest absolute Gasteiger partial charge is 0.466 e. The number of rotatable bonds is 5. The Morgan fingerprint density at radius 3 is 2.86 bits per heavy atom. The third-order valence-corrected chi connectivity index (χ3v) is 2.36. The second kappa shape index (κ2) is 6.01. The van der Waals surface area contributed by atoms with E-state index in [1.165, 1.54) is 0 Å². The molecule has 4 heteroatoms. The summed E-state index contributed by atoms with van der Waals surface area (Å²) >= 11 is 3.44. The Kier molecular flexibility index (Phi) is 4.93. The maximum absolute atomic E-state index is 5.46. The van der Waals surface area contributed by atoms with Crippen molar-refractivity contribution in [1.29, 1.82) is 0 Å². The van der Waals surface area contributed by atoms with Crippen molar-refractivity contribution in [2.24, 2.45) is 0 Å². The third kappa shape index (κ3) is 2.97. The van der Waals surface area contributed by atoms with Crippen molar-refractivity contribution < 1.29 is 9.47 Å². The molecule has 0 spiro atoms. The Balaban J connectivity index is 2.84. The highest BCUT2D eigenvalue weighted by molar-refractivity contribution is 9.10. The van der Waals surface area contributed by atoms with Crippen LogP contribution >= 0.6 is 15.9 Å². The first kappa shape index (κ1) is 11.5. The van der Waals surface area contributed by atoms with Gasteiger partial charge in [0, 0.05) is 19.2 Å². The Labute approximate surface area is 92.5 Å². The van der Waals surface area contributed by atoms with Crippen LogP contribution in [0.3, 0.4) is 0 Å². The van der Waals surface area contributed by atoms with Crippen LogP contribution in [0.15, 0.2) is 22.7 Å². The summed E-state index contributed by atoms with van der Waals surface area (Å²) in [6.07, 6.45) is 0. The van der Waals surface area contributed by atoms with Crippen molar-refractivity contribution in [2.75, 3.05) is 21.0 Å². The smallest absolute Gasteiger partial charge is 0.188 e. The molecule has 1 N–H and O–H groups in total. The van der Waals surface area contributed by atoms with Gasteiger partial charge in [0.1, 0.15) is 5.75 Å². The highest BCUT2D eigenvalue weighted by atomic mass is 79.9. The first-order valence-corrected chi connectivity index (χ1v) is 5.12. The normalized spacial score (nSPS) is 10.2. The first-order chi connectivity index (χ1) is 6.79. The fraction of sp³-hybridized carbons (Fsp3) is 0.400. The number of methoxy groups -OCH3 is 1. The summed E-state index contributed by atoms with van der Waals surface area (Å²) in [4.78, 5) is 0. The lowest BCUT2D eigenvalue weighted by Crippen LogP contribution is -2.09. The molecular weight excluding hydrogens is 246 g/mol. The molecular formula is C10H14BrNO2. The fourth-order valence-corrected chi connectivity index (χ4v) is 1.68. The van der Waals surface area contributed by atoms with Gasteiger partial charge in [-0.05, 0) is 29.0 Å². The van der Waals surface area contributed by atoms with E-state index >= 15 is 0 Å². The van der Waals surface area contributed by atoms with Gasteiger partial charge in [0.25, 0.3) is 0 Å². The lowest BCUT2D eigenvalue weighted by molar-refractivity contribution is 0.0498. The molecule has 0 aliphatic carbocycles. The molecule has 0 heterocycles. The first-order valence-electron chi connectivity index (χ1n) is 4.33. The van der Waals surface area contributed by atoms with Gasteiger partial charge in [-0.1, -0.05) is 12.1 Å². The summed E-state index contributed by atoms with van der Waals surface area (Å²) in [5, 5.41) is 3.09. The van der Waals surface area contributed by atoms with Gasteiger partial charge in [0.15, 0.2) is 6.79 Å². The molecule has 3 nitrogen and oxygen atoms in total. The van der Waals surface area contributed by atoms with Gasteiger partial charge in [-0.15, -0.1) is 0 Å². The molecule has 1 aromatic carbocycles. The average molecular weight is 260 g/mol. The molecule has 0 saturated carbocycles. The van der Waals surface area contributed by atoms with Crippen LogP contribution in [-0.2, 0) is 11.3 Å². The Morgan fingerprint density at radius 2 is 2.21 bits per heavy atom. The molecule has 0 radical (unpaired) electrons. The summed E-state index contributed by atoms with van der Waals surface area (Å²) in [5.41, 5.74) is 1.11. The van der Waals surface area contributed by atoms with E-state index < -0.39 is 0 Å². The van der Waals surface area contributed by atoms with Crippen molar-refractivity contribution in [3.8, 4) is 5.75 Å². The number of para-hydroxylation sites is 1. The SMILES string of the molecule is CNCc1cccc(Br)c1OCOC. The predicted octanol–water partition coefficient (Wildman–Crippen LogP) is 2.15. The molecule has 0 fully saturated rings. The number of benzene rings is 1. The molecule has 0 saturated heterocycles. The summed E-state index contributed by atoms with van der Waals surface area (Å²) in [5.74, 6) is 0.837. The summed E-state index contributed by atoms with van der Waals surface area (Å²) in [6.45, 7) is 1.04. The third-order valence-electron chi connectivity index (χ3n) is 1.74. The van der Waals surface area contributed by atoms with Crippen LogP contribution in [0.2, 0.25) is 0 Å². The van der Waals surface area contributed by atoms with E-state index in [0.717, 1.165) is 22.3 Å². The second-order valence-electron chi connectivity index (χ2n) is 2.81. The maximum Gasteiger partial charge on any atom is 0.188 e. The Hall–Kier alpha value is -0.580. The monoisotopic (exact) mass is 259 g/mol. The predicted molar refractivity (Wildman–Crippen MR) is 59.4 cm³/mol. The minimum Gasteiger partial charge on any atom is -0.466 e. The number of hydrogen-bond acceptors (Lipinski definition) is 3. The van der Waals surface area contributed by atoms with Crippen LogP contribution in [0.25, 0.3) is 0 Å². The van der Waals surface area contributed by atoms with Crippen molar-refractivity contribution >= 4 is 15.9 Å². The van der Waals surface area contributed by atoms with Gasteiger partial charge in [0.2, 0.25) is 0 Å². The zero-order chi connectivity index (χ0) is 10.4.